The van der Waals surface area contributed by atoms with E-state index in [9.17, 15) is 14.5 Å². The highest BCUT2D eigenvalue weighted by atomic mass is 19.1. The van der Waals surface area contributed by atoms with Crippen molar-refractivity contribution in [2.45, 2.75) is 13.8 Å². The van der Waals surface area contributed by atoms with Gasteiger partial charge in [-0.2, -0.15) is 0 Å². The van der Waals surface area contributed by atoms with Gasteiger partial charge in [0, 0.05) is 6.54 Å². The zero-order chi connectivity index (χ0) is 10.7. The maximum absolute atomic E-state index is 13.0. The molecule has 1 N–H and O–H groups in total. The third kappa shape index (κ3) is 1.99. The Balaban J connectivity index is 3.24. The van der Waals surface area contributed by atoms with Gasteiger partial charge in [0.05, 0.1) is 11.0 Å². The first-order valence-corrected chi connectivity index (χ1v) is 4.24. The standard InChI is InChI=1S/C9H11FN2O2/c1-3-11-8-4-6(2)7(10)5-9(8)12(13)14/h4-5,11H,3H2,1-2H3. The Morgan fingerprint density at radius 2 is 2.21 bits per heavy atom. The van der Waals surface area contributed by atoms with E-state index in [1.807, 2.05) is 6.92 Å². The Kier molecular flexibility index (Phi) is 3.01. The highest BCUT2D eigenvalue weighted by molar-refractivity contribution is 5.62. The summed E-state index contributed by atoms with van der Waals surface area (Å²) in [5.41, 5.74) is 0.526. The predicted octanol–water partition coefficient (Wildman–Crippen LogP) is 2.47. The molecule has 0 fully saturated rings. The molecule has 1 aromatic rings. The first-order valence-electron chi connectivity index (χ1n) is 4.24. The summed E-state index contributed by atoms with van der Waals surface area (Å²) in [6.07, 6.45) is 0. The van der Waals surface area contributed by atoms with Crippen LogP contribution in [-0.2, 0) is 0 Å². The number of nitrogens with zero attached hydrogens (tertiary/aromatic N) is 1. The molecule has 5 heteroatoms. The number of benzene rings is 1. The second kappa shape index (κ2) is 4.04. The molecule has 0 aliphatic rings. The van der Waals surface area contributed by atoms with E-state index < -0.39 is 10.7 Å². The molecule has 1 rings (SSSR count). The number of halogens is 1. The molecule has 0 unspecified atom stereocenters. The van der Waals surface area contributed by atoms with Gasteiger partial charge in [-0.1, -0.05) is 0 Å². The van der Waals surface area contributed by atoms with E-state index in [1.54, 1.807) is 6.92 Å². The zero-order valence-corrected chi connectivity index (χ0v) is 8.00. The van der Waals surface area contributed by atoms with E-state index in [2.05, 4.69) is 5.32 Å². The van der Waals surface area contributed by atoms with Crippen molar-refractivity contribution < 1.29 is 9.31 Å². The Morgan fingerprint density at radius 3 is 2.71 bits per heavy atom. The Labute approximate surface area is 80.9 Å². The maximum Gasteiger partial charge on any atom is 0.295 e. The topological polar surface area (TPSA) is 55.2 Å². The van der Waals surface area contributed by atoms with Gasteiger partial charge in [-0.15, -0.1) is 0 Å². The first-order chi connectivity index (χ1) is 6.56. The van der Waals surface area contributed by atoms with Crippen molar-refractivity contribution in [1.29, 1.82) is 0 Å². The highest BCUT2D eigenvalue weighted by Crippen LogP contribution is 2.27. The number of nitro groups is 1. The molecule has 1 aromatic carbocycles. The molecule has 0 atom stereocenters. The van der Waals surface area contributed by atoms with Crippen LogP contribution in [0.25, 0.3) is 0 Å². The summed E-state index contributed by atoms with van der Waals surface area (Å²) in [4.78, 5) is 9.96. The molecule has 0 bridgehead atoms. The molecule has 0 heterocycles. The number of aryl methyl sites for hydroxylation is 1. The highest BCUT2D eigenvalue weighted by Gasteiger charge is 2.15. The second-order valence-electron chi connectivity index (χ2n) is 2.91. The van der Waals surface area contributed by atoms with Gasteiger partial charge in [0.2, 0.25) is 0 Å². The van der Waals surface area contributed by atoms with Crippen molar-refractivity contribution in [2.75, 3.05) is 11.9 Å². The van der Waals surface area contributed by atoms with Gasteiger partial charge in [-0.3, -0.25) is 10.1 Å². The van der Waals surface area contributed by atoms with E-state index in [1.165, 1.54) is 6.07 Å². The largest absolute Gasteiger partial charge is 0.380 e. The zero-order valence-electron chi connectivity index (χ0n) is 8.00. The molecule has 0 aliphatic heterocycles. The first kappa shape index (κ1) is 10.4. The van der Waals surface area contributed by atoms with Crippen molar-refractivity contribution in [3.8, 4) is 0 Å². The normalized spacial score (nSPS) is 9.93. The number of nitro benzene ring substituents is 1. The van der Waals surface area contributed by atoms with Crippen molar-refractivity contribution in [3.63, 3.8) is 0 Å². The van der Waals surface area contributed by atoms with Crippen LogP contribution < -0.4 is 5.32 Å². The Bertz CT molecular complexity index is 366. The molecule has 0 saturated heterocycles. The summed E-state index contributed by atoms with van der Waals surface area (Å²) < 4.78 is 13.0. The van der Waals surface area contributed by atoms with E-state index in [0.29, 0.717) is 17.8 Å². The van der Waals surface area contributed by atoms with Gasteiger partial charge in [-0.25, -0.2) is 4.39 Å². The minimum Gasteiger partial charge on any atom is -0.380 e. The average molecular weight is 198 g/mol. The van der Waals surface area contributed by atoms with E-state index in [0.717, 1.165) is 6.07 Å². The average Bonchev–Trinajstić information content (AvgIpc) is 2.11. The summed E-state index contributed by atoms with van der Waals surface area (Å²) in [6, 6.07) is 2.38. The molecule has 14 heavy (non-hydrogen) atoms. The van der Waals surface area contributed by atoms with Gasteiger partial charge < -0.3 is 5.32 Å². The van der Waals surface area contributed by atoms with E-state index in [4.69, 9.17) is 0 Å². The van der Waals surface area contributed by atoms with Gasteiger partial charge in [0.1, 0.15) is 11.5 Å². The molecular formula is C9H11FN2O2. The Hall–Kier alpha value is -1.65. The lowest BCUT2D eigenvalue weighted by atomic mass is 10.2. The van der Waals surface area contributed by atoms with E-state index in [-0.39, 0.29) is 5.69 Å². The predicted molar refractivity (Wildman–Crippen MR) is 52.0 cm³/mol. The molecule has 4 nitrogen and oxygen atoms in total. The Morgan fingerprint density at radius 1 is 1.57 bits per heavy atom. The fourth-order valence-electron chi connectivity index (χ4n) is 1.15. The number of rotatable bonds is 3. The maximum atomic E-state index is 13.0. The molecule has 0 aromatic heterocycles. The van der Waals surface area contributed by atoms with Crippen LogP contribution in [-0.4, -0.2) is 11.5 Å². The fourth-order valence-corrected chi connectivity index (χ4v) is 1.15. The lowest BCUT2D eigenvalue weighted by molar-refractivity contribution is -0.384. The van der Waals surface area contributed by atoms with Crippen molar-refractivity contribution in [2.24, 2.45) is 0 Å². The molecular weight excluding hydrogens is 187 g/mol. The van der Waals surface area contributed by atoms with Crippen LogP contribution in [0.15, 0.2) is 12.1 Å². The number of nitrogens with one attached hydrogen (secondary N) is 1. The van der Waals surface area contributed by atoms with Gasteiger partial charge in [0.25, 0.3) is 5.69 Å². The second-order valence-corrected chi connectivity index (χ2v) is 2.91. The van der Waals surface area contributed by atoms with Crippen LogP contribution in [0.1, 0.15) is 12.5 Å². The smallest absolute Gasteiger partial charge is 0.295 e. The molecule has 0 amide bonds. The van der Waals surface area contributed by atoms with Crippen LogP contribution in [0.4, 0.5) is 15.8 Å². The summed E-state index contributed by atoms with van der Waals surface area (Å²) >= 11 is 0. The number of hydrogen-bond acceptors (Lipinski definition) is 3. The minimum absolute atomic E-state index is 0.227. The SMILES string of the molecule is CCNc1cc(C)c(F)cc1[N+](=O)[O-]. The van der Waals surface area contributed by atoms with Gasteiger partial charge in [0.15, 0.2) is 0 Å². The molecule has 0 spiro atoms. The van der Waals surface area contributed by atoms with Crippen LogP contribution in [0, 0.1) is 22.9 Å². The summed E-state index contributed by atoms with van der Waals surface area (Å²) in [6.45, 7) is 3.95. The van der Waals surface area contributed by atoms with Gasteiger partial charge >= 0.3 is 0 Å². The summed E-state index contributed by atoms with van der Waals surface area (Å²) in [5, 5.41) is 13.4. The molecule has 0 radical (unpaired) electrons. The minimum atomic E-state index is -0.597. The lowest BCUT2D eigenvalue weighted by Gasteiger charge is -2.05. The number of hydrogen-bond donors (Lipinski definition) is 1. The van der Waals surface area contributed by atoms with Crippen molar-refractivity contribution >= 4 is 11.4 Å². The monoisotopic (exact) mass is 198 g/mol. The van der Waals surface area contributed by atoms with E-state index >= 15 is 0 Å². The van der Waals surface area contributed by atoms with Crippen LogP contribution in [0.5, 0.6) is 0 Å². The summed E-state index contributed by atoms with van der Waals surface area (Å²) in [7, 11) is 0. The number of anilines is 1. The van der Waals surface area contributed by atoms with Crippen LogP contribution >= 0.6 is 0 Å². The van der Waals surface area contributed by atoms with Crippen molar-refractivity contribution in [1.82, 2.24) is 0 Å². The molecule has 0 aliphatic carbocycles. The third-order valence-corrected chi connectivity index (χ3v) is 1.84. The van der Waals surface area contributed by atoms with Crippen LogP contribution in [0.3, 0.4) is 0 Å². The summed E-state index contributed by atoms with van der Waals surface area (Å²) in [5.74, 6) is -0.557. The van der Waals surface area contributed by atoms with Crippen molar-refractivity contribution in [3.05, 3.63) is 33.6 Å². The van der Waals surface area contributed by atoms with Gasteiger partial charge in [-0.05, 0) is 25.5 Å². The van der Waals surface area contributed by atoms with Crippen LogP contribution in [0.2, 0.25) is 0 Å². The fraction of sp³-hybridized carbons (Fsp3) is 0.333. The quantitative estimate of drug-likeness (QED) is 0.599. The molecule has 0 saturated carbocycles. The molecule has 76 valence electrons. The third-order valence-electron chi connectivity index (χ3n) is 1.84. The lowest BCUT2D eigenvalue weighted by Crippen LogP contribution is -2.02.